The van der Waals surface area contributed by atoms with E-state index in [1.54, 1.807) is 66.8 Å². The number of carboxylic acids is 1. The average molecular weight is 1260 g/mol. The molecule has 0 bridgehead atoms. The second-order valence-corrected chi connectivity index (χ2v) is 25.5. The minimum atomic E-state index is -1.09. The number of anilines is 1. The van der Waals surface area contributed by atoms with E-state index < -0.39 is 102 Å². The standard InChI is InChI=1S/C66H104N10O14/c1-16-42(8)58(74(13)65(85)56(40(4)5)71-64(84)57(41(6)7)73(11)12)51(88-14)37-54(79)76-33-21-24-50(76)59(89-15)43(9)60(80)69-49(36-45-22-18-17-19-23-45)62(82)72-90-38-46-27-29-48(30-28-46)68-61(81)44(10)67-63(83)55(39(2)3)70-52(77)25-20-26-53(78)75-34-31-47(32-35-75)66(86)87/h17-19,22-23,27-30,39-44,47,49-51,55-59H,16,20-21,24-26,31-38H2,1-15H3,(H,67,83)(H,68,81)(H,69,80)(H,70,77)(H,71,84)(H,72,82)(H,86,87)/t42-,43+,44+,49-,50-,51+,55?,56-,57?,58-,59+/m0/s1. The minimum Gasteiger partial charge on any atom is -0.481 e. The summed E-state index contributed by atoms with van der Waals surface area (Å²) in [5.74, 6) is -6.32. The highest BCUT2D eigenvalue weighted by Crippen LogP contribution is 2.30. The third-order valence-electron chi connectivity index (χ3n) is 17.5. The molecule has 0 spiro atoms. The molecule has 0 radical (unpaired) electrons. The van der Waals surface area contributed by atoms with Gasteiger partial charge in [0.1, 0.15) is 24.2 Å². The van der Waals surface area contributed by atoms with Crippen molar-refractivity contribution in [3.8, 4) is 0 Å². The van der Waals surface area contributed by atoms with Crippen molar-refractivity contribution in [3.05, 3.63) is 65.7 Å². The lowest BCUT2D eigenvalue weighted by Crippen LogP contribution is -2.59. The zero-order chi connectivity index (χ0) is 67.1. The zero-order valence-corrected chi connectivity index (χ0v) is 55.8. The van der Waals surface area contributed by atoms with Crippen molar-refractivity contribution in [1.29, 1.82) is 0 Å². The average Bonchev–Trinajstić information content (AvgIpc) is 1.79. The first-order valence-electron chi connectivity index (χ1n) is 31.9. The number of ether oxygens (including phenoxy) is 2. The van der Waals surface area contributed by atoms with Gasteiger partial charge in [-0.1, -0.05) is 111 Å². The molecule has 2 saturated heterocycles. The van der Waals surface area contributed by atoms with Gasteiger partial charge in [-0.15, -0.1) is 0 Å². The van der Waals surface area contributed by atoms with E-state index in [4.69, 9.17) is 14.3 Å². The van der Waals surface area contributed by atoms with Gasteiger partial charge in [-0.2, -0.15) is 0 Å². The van der Waals surface area contributed by atoms with Crippen LogP contribution in [0.25, 0.3) is 0 Å². The molecule has 0 aliphatic carbocycles. The highest BCUT2D eigenvalue weighted by molar-refractivity contribution is 5.98. The van der Waals surface area contributed by atoms with E-state index in [-0.39, 0.29) is 86.0 Å². The Bertz CT molecular complexity index is 2680. The molecule has 24 nitrogen and oxygen atoms in total. The molecule has 2 aromatic rings. The molecule has 0 aromatic heterocycles. The number of carboxylic acid groups (broad SMARTS) is 1. The number of carbonyl (C=O) groups is 10. The van der Waals surface area contributed by atoms with Crippen molar-refractivity contribution in [2.45, 2.75) is 195 Å². The lowest BCUT2D eigenvalue weighted by molar-refractivity contribution is -0.148. The van der Waals surface area contributed by atoms with Crippen LogP contribution in [0.4, 0.5) is 5.69 Å². The molecule has 2 aliphatic rings. The van der Waals surface area contributed by atoms with Gasteiger partial charge in [0.05, 0.1) is 55.2 Å². The quantitative estimate of drug-likeness (QED) is 0.0461. The number of likely N-dealkylation sites (N-methyl/N-ethyl adjacent to an activating group) is 2. The first kappa shape index (κ1) is 75.4. The normalized spacial score (nSPS) is 17.9. The molecular weight excluding hydrogens is 1160 g/mol. The molecule has 2 unspecified atom stereocenters. The van der Waals surface area contributed by atoms with Crippen LogP contribution in [0.3, 0.4) is 0 Å². The van der Waals surface area contributed by atoms with Gasteiger partial charge in [0.25, 0.3) is 5.91 Å². The monoisotopic (exact) mass is 1260 g/mol. The number of rotatable bonds is 35. The van der Waals surface area contributed by atoms with Gasteiger partial charge in [-0.05, 0) is 100 Å². The highest BCUT2D eigenvalue weighted by atomic mass is 16.7. The predicted molar refractivity (Wildman–Crippen MR) is 340 cm³/mol. The Labute approximate surface area is 532 Å². The molecule has 0 saturated carbocycles. The van der Waals surface area contributed by atoms with E-state index >= 15 is 0 Å². The summed E-state index contributed by atoms with van der Waals surface area (Å²) in [7, 11) is 8.39. The molecule has 2 aromatic carbocycles. The first-order valence-corrected chi connectivity index (χ1v) is 31.9. The zero-order valence-electron chi connectivity index (χ0n) is 55.8. The van der Waals surface area contributed by atoms with Crippen LogP contribution in [0.1, 0.15) is 138 Å². The maximum Gasteiger partial charge on any atom is 0.306 e. The number of aliphatic carboxylic acids is 1. The molecule has 7 N–H and O–H groups in total. The number of hydroxylamine groups is 1. The molecule has 2 heterocycles. The van der Waals surface area contributed by atoms with Crippen LogP contribution in [0.2, 0.25) is 0 Å². The SMILES string of the molecule is CC[C@H](C)[C@@H]([C@@H](CC(=O)N1CCC[C@H]1[C@H](OC)[C@@H](C)C(=O)N[C@@H](Cc1ccccc1)C(=O)NOCc1ccc(NC(=O)[C@@H](C)NC(=O)C(NC(=O)CCCC(=O)N2CCC(C(=O)O)CC2)C(C)C)cc1)OC)N(C)C(=O)[C@@H](NC(=O)C(C(C)C)N(C)C)C(C)C. The molecule has 2 aliphatic heterocycles. The van der Waals surface area contributed by atoms with Crippen LogP contribution < -0.4 is 32.1 Å². The fourth-order valence-electron chi connectivity index (χ4n) is 12.1. The van der Waals surface area contributed by atoms with Gasteiger partial charge in [0, 0.05) is 65.9 Å². The summed E-state index contributed by atoms with van der Waals surface area (Å²) >= 11 is 0. The van der Waals surface area contributed by atoms with Crippen molar-refractivity contribution >= 4 is 64.8 Å². The van der Waals surface area contributed by atoms with E-state index in [0.717, 1.165) is 5.56 Å². The Morgan fingerprint density at radius 3 is 1.84 bits per heavy atom. The van der Waals surface area contributed by atoms with E-state index in [1.165, 1.54) is 21.1 Å². The van der Waals surface area contributed by atoms with Gasteiger partial charge in [0.15, 0.2) is 0 Å². The smallest absolute Gasteiger partial charge is 0.306 e. The number of nitrogens with one attached hydrogen (secondary N) is 6. The molecule has 2 fully saturated rings. The Balaban J connectivity index is 1.34. The Morgan fingerprint density at radius 1 is 0.656 bits per heavy atom. The summed E-state index contributed by atoms with van der Waals surface area (Å²) in [6, 6.07) is 10.4. The van der Waals surface area contributed by atoms with Crippen LogP contribution in [0.5, 0.6) is 0 Å². The summed E-state index contributed by atoms with van der Waals surface area (Å²) in [5.41, 5.74) is 4.29. The lowest BCUT2D eigenvalue weighted by Gasteiger charge is -2.41. The number of hydrogen-bond acceptors (Lipinski definition) is 14. The number of carbonyl (C=O) groups excluding carboxylic acids is 9. The number of methoxy groups -OCH3 is 2. The van der Waals surface area contributed by atoms with Crippen molar-refractivity contribution < 1.29 is 67.4 Å². The number of amides is 9. The molecule has 11 atom stereocenters. The Morgan fingerprint density at radius 2 is 1.29 bits per heavy atom. The summed E-state index contributed by atoms with van der Waals surface area (Å²) in [6.45, 7) is 19.5. The summed E-state index contributed by atoms with van der Waals surface area (Å²) < 4.78 is 12.1. The minimum absolute atomic E-state index is 0.000683. The van der Waals surface area contributed by atoms with Crippen LogP contribution in [0, 0.1) is 35.5 Å². The third-order valence-corrected chi connectivity index (χ3v) is 17.5. The summed E-state index contributed by atoms with van der Waals surface area (Å²) in [5, 5.41) is 23.3. The second-order valence-electron chi connectivity index (χ2n) is 25.5. The molecule has 502 valence electrons. The van der Waals surface area contributed by atoms with Crippen LogP contribution in [0.15, 0.2) is 54.6 Å². The van der Waals surface area contributed by atoms with Crippen molar-refractivity contribution in [2.75, 3.05) is 60.3 Å². The van der Waals surface area contributed by atoms with E-state index in [1.807, 2.05) is 90.9 Å². The Kier molecular flexibility index (Phi) is 30.8. The molecule has 90 heavy (non-hydrogen) atoms. The number of piperidine rings is 1. The fraction of sp³-hybridized carbons (Fsp3) is 0.667. The lowest BCUT2D eigenvalue weighted by atomic mass is 9.89. The molecule has 24 heteroatoms. The number of benzene rings is 2. The maximum atomic E-state index is 14.6. The number of nitrogens with zero attached hydrogens (tertiary/aromatic N) is 4. The van der Waals surface area contributed by atoms with Crippen molar-refractivity contribution in [2.24, 2.45) is 35.5 Å². The topological polar surface area (TPSA) is 304 Å². The van der Waals surface area contributed by atoms with Gasteiger partial charge in [0.2, 0.25) is 47.3 Å². The van der Waals surface area contributed by atoms with Crippen LogP contribution in [-0.2, 0) is 75.3 Å². The third kappa shape index (κ3) is 22.1. The van der Waals surface area contributed by atoms with Crippen molar-refractivity contribution in [1.82, 2.24) is 46.3 Å². The van der Waals surface area contributed by atoms with Crippen LogP contribution >= 0.6 is 0 Å². The van der Waals surface area contributed by atoms with E-state index in [2.05, 4.69) is 32.1 Å². The van der Waals surface area contributed by atoms with E-state index in [9.17, 15) is 53.1 Å². The van der Waals surface area contributed by atoms with Crippen molar-refractivity contribution in [3.63, 3.8) is 0 Å². The predicted octanol–water partition coefficient (Wildman–Crippen LogP) is 4.69. The Hall–Kier alpha value is -7.02. The van der Waals surface area contributed by atoms with Gasteiger partial charge in [-0.25, -0.2) is 5.48 Å². The highest BCUT2D eigenvalue weighted by Gasteiger charge is 2.44. The number of likely N-dealkylation sites (tertiary alicyclic amines) is 2. The molecule has 4 rings (SSSR count). The van der Waals surface area contributed by atoms with Gasteiger partial charge in [-0.3, -0.25) is 57.7 Å². The fourth-order valence-corrected chi connectivity index (χ4v) is 12.1. The molecule has 9 amide bonds. The molecular formula is C66H104N10O14. The second kappa shape index (κ2) is 36.7. The van der Waals surface area contributed by atoms with Crippen LogP contribution in [-0.4, -0.2) is 193 Å². The van der Waals surface area contributed by atoms with E-state index in [0.29, 0.717) is 63.0 Å². The van der Waals surface area contributed by atoms with Gasteiger partial charge >= 0.3 is 5.97 Å². The number of hydrogen-bond donors (Lipinski definition) is 7. The first-order chi connectivity index (χ1) is 42.5. The largest absolute Gasteiger partial charge is 0.481 e. The van der Waals surface area contributed by atoms with Gasteiger partial charge < -0.3 is 55.9 Å². The summed E-state index contributed by atoms with van der Waals surface area (Å²) in [6.07, 6.45) is 1.60. The summed E-state index contributed by atoms with van der Waals surface area (Å²) in [4.78, 5) is 147. The maximum absolute atomic E-state index is 14.6.